The molecule has 0 radical (unpaired) electrons. The van der Waals surface area contributed by atoms with Crippen molar-refractivity contribution < 1.29 is 0 Å². The van der Waals surface area contributed by atoms with Gasteiger partial charge in [0.1, 0.15) is 11.5 Å². The molecule has 4 heterocycles. The van der Waals surface area contributed by atoms with Gasteiger partial charge >= 0.3 is 0 Å². The van der Waals surface area contributed by atoms with Crippen LogP contribution < -0.4 is 5.56 Å². The molecule has 31 heavy (non-hydrogen) atoms. The Morgan fingerprint density at radius 2 is 1.94 bits per heavy atom. The number of hydrogen-bond acceptors (Lipinski definition) is 5. The van der Waals surface area contributed by atoms with Crippen LogP contribution in [0.15, 0.2) is 59.5 Å². The van der Waals surface area contributed by atoms with E-state index < -0.39 is 0 Å². The number of nitrogens with one attached hydrogen (secondary N) is 1. The highest BCUT2D eigenvalue weighted by Crippen LogP contribution is 2.26. The van der Waals surface area contributed by atoms with Crippen molar-refractivity contribution in [3.63, 3.8) is 0 Å². The van der Waals surface area contributed by atoms with Gasteiger partial charge in [-0.2, -0.15) is 5.10 Å². The molecular weight excluding hydrogens is 388 g/mol. The van der Waals surface area contributed by atoms with Crippen LogP contribution in [0.2, 0.25) is 0 Å². The number of benzene rings is 1. The van der Waals surface area contributed by atoms with Gasteiger partial charge in [0.15, 0.2) is 5.82 Å². The third-order valence-corrected chi connectivity index (χ3v) is 6.14. The Balaban J connectivity index is 1.28. The average Bonchev–Trinajstić information content (AvgIpc) is 3.30. The van der Waals surface area contributed by atoms with E-state index in [0.717, 1.165) is 60.9 Å². The highest BCUT2D eigenvalue weighted by Gasteiger charge is 2.24. The van der Waals surface area contributed by atoms with Crippen LogP contribution in [-0.2, 0) is 6.42 Å². The Hall–Kier alpha value is -3.32. The normalized spacial score (nSPS) is 17.3. The van der Waals surface area contributed by atoms with Crippen LogP contribution in [0.1, 0.15) is 35.8 Å². The molecule has 7 nitrogen and oxygen atoms in total. The summed E-state index contributed by atoms with van der Waals surface area (Å²) >= 11 is 0. The monoisotopic (exact) mass is 414 g/mol. The van der Waals surface area contributed by atoms with Crippen LogP contribution in [-0.4, -0.2) is 49.1 Å². The topological polar surface area (TPSA) is 79.2 Å². The standard InChI is InChI=1S/C24H26N6O/c1-17-20(24(31)30-14-6-5-11-21(30)25-17)12-15-29-13-7-10-19(16-29)23-26-22(27-28-23)18-8-3-2-4-9-18/h2-6,8-9,11,14,19H,7,10,12-13,15-16H2,1H3,(H,26,27,28). The third kappa shape index (κ3) is 4.01. The Morgan fingerprint density at radius 3 is 2.81 bits per heavy atom. The Morgan fingerprint density at radius 1 is 1.10 bits per heavy atom. The largest absolute Gasteiger partial charge is 0.302 e. The number of hydrogen-bond donors (Lipinski definition) is 1. The molecule has 158 valence electrons. The lowest BCUT2D eigenvalue weighted by Crippen LogP contribution is -2.37. The first kappa shape index (κ1) is 19.6. The summed E-state index contributed by atoms with van der Waals surface area (Å²) in [6.07, 6.45) is 4.70. The molecule has 1 atom stereocenters. The number of aromatic amines is 1. The van der Waals surface area contributed by atoms with Gasteiger partial charge in [-0.1, -0.05) is 36.4 Å². The van der Waals surface area contributed by atoms with Gasteiger partial charge in [0.05, 0.1) is 0 Å². The summed E-state index contributed by atoms with van der Waals surface area (Å²) in [4.78, 5) is 24.7. The molecular formula is C24H26N6O. The molecule has 5 rings (SSSR count). The second-order valence-electron chi connectivity index (χ2n) is 8.21. The van der Waals surface area contributed by atoms with E-state index in [2.05, 4.69) is 20.1 Å². The fourth-order valence-corrected chi connectivity index (χ4v) is 4.45. The van der Waals surface area contributed by atoms with Crippen LogP contribution in [0.4, 0.5) is 0 Å². The molecule has 7 heteroatoms. The van der Waals surface area contributed by atoms with Crippen LogP contribution in [0.3, 0.4) is 0 Å². The summed E-state index contributed by atoms with van der Waals surface area (Å²) in [5, 5.41) is 7.58. The minimum atomic E-state index is 0.0411. The summed E-state index contributed by atoms with van der Waals surface area (Å²) in [5.74, 6) is 2.03. The fraction of sp³-hybridized carbons (Fsp3) is 0.333. The van der Waals surface area contributed by atoms with Crippen molar-refractivity contribution in [3.05, 3.63) is 82.2 Å². The van der Waals surface area contributed by atoms with Gasteiger partial charge in [0, 0.05) is 42.0 Å². The molecule has 1 fully saturated rings. The fourth-order valence-electron chi connectivity index (χ4n) is 4.45. The molecule has 0 amide bonds. The maximum absolute atomic E-state index is 12.9. The second-order valence-corrected chi connectivity index (χ2v) is 8.21. The maximum atomic E-state index is 12.9. The zero-order valence-corrected chi connectivity index (χ0v) is 17.7. The van der Waals surface area contributed by atoms with E-state index in [4.69, 9.17) is 4.98 Å². The molecule has 1 saturated heterocycles. The number of pyridine rings is 1. The van der Waals surface area contributed by atoms with Crippen LogP contribution in [0.5, 0.6) is 0 Å². The average molecular weight is 415 g/mol. The van der Waals surface area contributed by atoms with Gasteiger partial charge in [-0.15, -0.1) is 0 Å². The SMILES string of the molecule is Cc1nc2ccccn2c(=O)c1CCN1CCCC(c2nc(-c3ccccc3)n[nH]2)C1. The van der Waals surface area contributed by atoms with Crippen molar-refractivity contribution in [1.29, 1.82) is 0 Å². The zero-order valence-electron chi connectivity index (χ0n) is 17.7. The summed E-state index contributed by atoms with van der Waals surface area (Å²) < 4.78 is 1.64. The summed E-state index contributed by atoms with van der Waals surface area (Å²) in [6.45, 7) is 4.73. The van der Waals surface area contributed by atoms with Crippen molar-refractivity contribution >= 4 is 5.65 Å². The van der Waals surface area contributed by atoms with Gasteiger partial charge in [-0.05, 0) is 44.9 Å². The van der Waals surface area contributed by atoms with Crippen LogP contribution in [0.25, 0.3) is 17.0 Å². The minimum Gasteiger partial charge on any atom is -0.302 e. The number of rotatable bonds is 5. The number of likely N-dealkylation sites (tertiary alicyclic amines) is 1. The van der Waals surface area contributed by atoms with Gasteiger partial charge in [0.2, 0.25) is 0 Å². The number of aromatic nitrogens is 5. The number of piperidine rings is 1. The summed E-state index contributed by atoms with van der Waals surface area (Å²) in [6, 6.07) is 15.7. The summed E-state index contributed by atoms with van der Waals surface area (Å²) in [5.41, 5.74) is 3.40. The molecule has 0 spiro atoms. The van der Waals surface area contributed by atoms with Crippen LogP contribution in [0, 0.1) is 6.92 Å². The predicted molar refractivity (Wildman–Crippen MR) is 120 cm³/mol. The lowest BCUT2D eigenvalue weighted by Gasteiger charge is -2.31. The minimum absolute atomic E-state index is 0.0411. The number of H-pyrrole nitrogens is 1. The molecule has 0 aliphatic carbocycles. The molecule has 1 N–H and O–H groups in total. The second kappa shape index (κ2) is 8.43. The van der Waals surface area contributed by atoms with E-state index in [-0.39, 0.29) is 5.56 Å². The Kier molecular flexibility index (Phi) is 5.34. The first-order valence-electron chi connectivity index (χ1n) is 10.9. The molecule has 0 saturated carbocycles. The quantitative estimate of drug-likeness (QED) is 0.543. The molecule has 1 aromatic carbocycles. The van der Waals surface area contributed by atoms with E-state index in [1.807, 2.05) is 55.5 Å². The maximum Gasteiger partial charge on any atom is 0.261 e. The van der Waals surface area contributed by atoms with Crippen molar-refractivity contribution in [1.82, 2.24) is 29.5 Å². The first-order chi connectivity index (χ1) is 15.2. The van der Waals surface area contributed by atoms with Crippen molar-refractivity contribution in [2.24, 2.45) is 0 Å². The van der Waals surface area contributed by atoms with Crippen molar-refractivity contribution in [3.8, 4) is 11.4 Å². The zero-order chi connectivity index (χ0) is 21.2. The lowest BCUT2D eigenvalue weighted by atomic mass is 9.97. The van der Waals surface area contributed by atoms with E-state index in [0.29, 0.717) is 18.0 Å². The Bertz CT molecular complexity index is 1250. The summed E-state index contributed by atoms with van der Waals surface area (Å²) in [7, 11) is 0. The highest BCUT2D eigenvalue weighted by atomic mass is 16.1. The third-order valence-electron chi connectivity index (χ3n) is 6.14. The molecule has 1 aliphatic heterocycles. The van der Waals surface area contributed by atoms with Crippen LogP contribution >= 0.6 is 0 Å². The highest BCUT2D eigenvalue weighted by molar-refractivity contribution is 5.53. The molecule has 1 unspecified atom stereocenters. The van der Waals surface area contributed by atoms with Gasteiger partial charge in [-0.25, -0.2) is 9.97 Å². The molecule has 4 aromatic rings. The smallest absolute Gasteiger partial charge is 0.261 e. The van der Waals surface area contributed by atoms with Gasteiger partial charge < -0.3 is 4.90 Å². The van der Waals surface area contributed by atoms with E-state index in [1.54, 1.807) is 10.6 Å². The van der Waals surface area contributed by atoms with Gasteiger partial charge in [-0.3, -0.25) is 14.3 Å². The number of nitrogens with zero attached hydrogens (tertiary/aromatic N) is 5. The first-order valence-corrected chi connectivity index (χ1v) is 10.9. The Labute approximate surface area is 180 Å². The molecule has 1 aliphatic rings. The van der Waals surface area contributed by atoms with Crippen molar-refractivity contribution in [2.45, 2.75) is 32.1 Å². The number of aryl methyl sites for hydroxylation is 1. The predicted octanol–water partition coefficient (Wildman–Crippen LogP) is 3.21. The van der Waals surface area contributed by atoms with E-state index in [1.165, 1.54) is 0 Å². The van der Waals surface area contributed by atoms with Crippen molar-refractivity contribution in [2.75, 3.05) is 19.6 Å². The molecule has 0 bridgehead atoms. The van der Waals surface area contributed by atoms with Gasteiger partial charge in [0.25, 0.3) is 5.56 Å². The molecule has 3 aromatic heterocycles. The van der Waals surface area contributed by atoms with E-state index >= 15 is 0 Å². The lowest BCUT2D eigenvalue weighted by molar-refractivity contribution is 0.206. The van der Waals surface area contributed by atoms with E-state index in [9.17, 15) is 4.79 Å². The number of fused-ring (bicyclic) bond motifs is 1.